The molecule has 1 aliphatic rings. The van der Waals surface area contributed by atoms with Crippen LogP contribution in [0.25, 0.3) is 0 Å². The first-order valence-corrected chi connectivity index (χ1v) is 7.95. The number of thioether (sulfide) groups is 1. The van der Waals surface area contributed by atoms with Crippen molar-refractivity contribution < 1.29 is 4.79 Å². The fraction of sp³-hybridized carbons (Fsp3) is 0.533. The number of carbonyl (C=O) groups is 1. The van der Waals surface area contributed by atoms with Gasteiger partial charge in [-0.05, 0) is 37.8 Å². The lowest BCUT2D eigenvalue weighted by molar-refractivity contribution is -0.125. The van der Waals surface area contributed by atoms with E-state index in [9.17, 15) is 4.79 Å². The van der Waals surface area contributed by atoms with Gasteiger partial charge in [-0.15, -0.1) is 11.8 Å². The number of hydrogen-bond acceptors (Lipinski definition) is 3. The van der Waals surface area contributed by atoms with Gasteiger partial charge in [0.05, 0.1) is 0 Å². The van der Waals surface area contributed by atoms with E-state index in [0.29, 0.717) is 6.04 Å². The molecule has 0 heterocycles. The molecule has 1 saturated carbocycles. The zero-order valence-electron chi connectivity index (χ0n) is 11.2. The molecular formula is C15H22N2OS. The summed E-state index contributed by atoms with van der Waals surface area (Å²) in [5, 5.41) is 3.04. The Bertz CT molecular complexity index is 388. The summed E-state index contributed by atoms with van der Waals surface area (Å²) in [5.74, 6) is 1.31. The quantitative estimate of drug-likeness (QED) is 0.642. The van der Waals surface area contributed by atoms with Crippen LogP contribution in [-0.4, -0.2) is 24.2 Å². The molecule has 1 aromatic rings. The summed E-state index contributed by atoms with van der Waals surface area (Å²) in [6, 6.07) is 10.6. The van der Waals surface area contributed by atoms with Crippen molar-refractivity contribution in [3.63, 3.8) is 0 Å². The van der Waals surface area contributed by atoms with E-state index < -0.39 is 0 Å². The van der Waals surface area contributed by atoms with E-state index in [1.807, 2.05) is 18.2 Å². The highest BCUT2D eigenvalue weighted by atomic mass is 32.2. The highest BCUT2D eigenvalue weighted by Crippen LogP contribution is 2.23. The van der Waals surface area contributed by atoms with Crippen LogP contribution >= 0.6 is 11.8 Å². The summed E-state index contributed by atoms with van der Waals surface area (Å²) in [7, 11) is 0. The number of benzene rings is 1. The van der Waals surface area contributed by atoms with Gasteiger partial charge in [-0.1, -0.05) is 18.2 Å². The summed E-state index contributed by atoms with van der Waals surface area (Å²) in [4.78, 5) is 13.2. The van der Waals surface area contributed by atoms with Gasteiger partial charge in [0.25, 0.3) is 0 Å². The minimum Gasteiger partial charge on any atom is -0.355 e. The predicted molar refractivity (Wildman–Crippen MR) is 80.1 cm³/mol. The lowest BCUT2D eigenvalue weighted by atomic mass is 9.86. The number of hydrogen-bond donors (Lipinski definition) is 2. The number of rotatable bonds is 5. The van der Waals surface area contributed by atoms with Crippen molar-refractivity contribution in [3.05, 3.63) is 30.3 Å². The molecule has 0 spiro atoms. The van der Waals surface area contributed by atoms with Gasteiger partial charge in [0.1, 0.15) is 0 Å². The maximum absolute atomic E-state index is 12.0. The predicted octanol–water partition coefficient (Wildman–Crippen LogP) is 2.41. The molecule has 19 heavy (non-hydrogen) atoms. The average molecular weight is 278 g/mol. The molecule has 0 bridgehead atoms. The molecule has 1 aliphatic carbocycles. The Morgan fingerprint density at radius 3 is 2.58 bits per heavy atom. The van der Waals surface area contributed by atoms with Crippen molar-refractivity contribution in [3.8, 4) is 0 Å². The maximum Gasteiger partial charge on any atom is 0.223 e. The number of carbonyl (C=O) groups excluding carboxylic acids is 1. The van der Waals surface area contributed by atoms with Crippen LogP contribution in [0.5, 0.6) is 0 Å². The lowest BCUT2D eigenvalue weighted by Gasteiger charge is -2.25. The number of nitrogens with one attached hydrogen (secondary N) is 1. The standard InChI is InChI=1S/C15H22N2OS/c16-13-8-6-12(7-9-13)15(18)17-10-11-19-14-4-2-1-3-5-14/h1-5,12-13H,6-11,16H2,(H,17,18). The Morgan fingerprint density at radius 2 is 1.89 bits per heavy atom. The molecule has 1 aromatic carbocycles. The molecular weight excluding hydrogens is 256 g/mol. The summed E-state index contributed by atoms with van der Waals surface area (Å²) in [6.07, 6.45) is 3.85. The van der Waals surface area contributed by atoms with Crippen LogP contribution in [0.2, 0.25) is 0 Å². The molecule has 104 valence electrons. The Hall–Kier alpha value is -1.00. The fourth-order valence-electron chi connectivity index (χ4n) is 2.39. The van der Waals surface area contributed by atoms with E-state index >= 15 is 0 Å². The minimum atomic E-state index is 0.182. The molecule has 4 heteroatoms. The molecule has 3 nitrogen and oxygen atoms in total. The molecule has 1 amide bonds. The molecule has 1 fully saturated rings. The van der Waals surface area contributed by atoms with Crippen molar-refractivity contribution in [1.82, 2.24) is 5.32 Å². The van der Waals surface area contributed by atoms with E-state index in [0.717, 1.165) is 38.0 Å². The molecule has 0 aliphatic heterocycles. The molecule has 0 atom stereocenters. The zero-order chi connectivity index (χ0) is 13.5. The van der Waals surface area contributed by atoms with Crippen molar-refractivity contribution in [2.75, 3.05) is 12.3 Å². The van der Waals surface area contributed by atoms with Crippen LogP contribution in [0, 0.1) is 5.92 Å². The first kappa shape index (κ1) is 14.4. The van der Waals surface area contributed by atoms with Crippen molar-refractivity contribution >= 4 is 17.7 Å². The highest BCUT2D eigenvalue weighted by molar-refractivity contribution is 7.99. The summed E-state index contributed by atoms with van der Waals surface area (Å²) in [6.45, 7) is 0.737. The van der Waals surface area contributed by atoms with Crippen LogP contribution in [0.3, 0.4) is 0 Å². The van der Waals surface area contributed by atoms with Gasteiger partial charge in [-0.25, -0.2) is 0 Å². The molecule has 0 aromatic heterocycles. The Labute approximate surface area is 119 Å². The van der Waals surface area contributed by atoms with E-state index in [2.05, 4.69) is 17.4 Å². The number of nitrogens with two attached hydrogens (primary N) is 1. The topological polar surface area (TPSA) is 55.1 Å². The van der Waals surface area contributed by atoms with Crippen molar-refractivity contribution in [1.29, 1.82) is 0 Å². The highest BCUT2D eigenvalue weighted by Gasteiger charge is 2.23. The third kappa shape index (κ3) is 4.88. The van der Waals surface area contributed by atoms with Gasteiger partial charge < -0.3 is 11.1 Å². The zero-order valence-corrected chi connectivity index (χ0v) is 12.0. The van der Waals surface area contributed by atoms with Crippen molar-refractivity contribution in [2.45, 2.75) is 36.6 Å². The second-order valence-electron chi connectivity index (χ2n) is 5.06. The van der Waals surface area contributed by atoms with E-state index in [1.165, 1.54) is 4.90 Å². The lowest BCUT2D eigenvalue weighted by Crippen LogP contribution is -2.37. The molecule has 0 unspecified atom stereocenters. The van der Waals surface area contributed by atoms with Gasteiger partial charge in [0, 0.05) is 29.2 Å². The summed E-state index contributed by atoms with van der Waals surface area (Å²) < 4.78 is 0. The fourth-order valence-corrected chi connectivity index (χ4v) is 3.17. The third-order valence-corrected chi connectivity index (χ3v) is 4.57. The second-order valence-corrected chi connectivity index (χ2v) is 6.23. The van der Waals surface area contributed by atoms with Gasteiger partial charge in [0.15, 0.2) is 0 Å². The summed E-state index contributed by atoms with van der Waals surface area (Å²) in [5.41, 5.74) is 5.85. The molecule has 3 N–H and O–H groups in total. The van der Waals surface area contributed by atoms with E-state index in [-0.39, 0.29) is 11.8 Å². The van der Waals surface area contributed by atoms with Crippen LogP contribution < -0.4 is 11.1 Å². The second kappa shape index (κ2) is 7.56. The van der Waals surface area contributed by atoms with Crippen LogP contribution in [0.4, 0.5) is 0 Å². The Balaban J connectivity index is 1.61. The minimum absolute atomic E-state index is 0.182. The largest absolute Gasteiger partial charge is 0.355 e. The monoisotopic (exact) mass is 278 g/mol. The normalized spacial score (nSPS) is 23.0. The van der Waals surface area contributed by atoms with E-state index in [1.54, 1.807) is 11.8 Å². The molecule has 0 radical (unpaired) electrons. The van der Waals surface area contributed by atoms with E-state index in [4.69, 9.17) is 5.73 Å². The first-order chi connectivity index (χ1) is 9.25. The van der Waals surface area contributed by atoms with Crippen LogP contribution in [0.1, 0.15) is 25.7 Å². The van der Waals surface area contributed by atoms with Crippen LogP contribution in [-0.2, 0) is 4.79 Å². The SMILES string of the molecule is NC1CCC(C(=O)NCCSc2ccccc2)CC1. The van der Waals surface area contributed by atoms with Gasteiger partial charge >= 0.3 is 0 Å². The van der Waals surface area contributed by atoms with Crippen molar-refractivity contribution in [2.24, 2.45) is 11.7 Å². The Morgan fingerprint density at radius 1 is 1.21 bits per heavy atom. The van der Waals surface area contributed by atoms with Gasteiger partial charge in [0.2, 0.25) is 5.91 Å². The molecule has 0 saturated heterocycles. The average Bonchev–Trinajstić information content (AvgIpc) is 2.45. The van der Waals surface area contributed by atoms with Gasteiger partial charge in [-0.2, -0.15) is 0 Å². The maximum atomic E-state index is 12.0. The van der Waals surface area contributed by atoms with Crippen LogP contribution in [0.15, 0.2) is 35.2 Å². The smallest absolute Gasteiger partial charge is 0.223 e. The third-order valence-electron chi connectivity index (χ3n) is 3.56. The Kier molecular flexibility index (Phi) is 5.73. The molecule has 2 rings (SSSR count). The van der Waals surface area contributed by atoms with Gasteiger partial charge in [-0.3, -0.25) is 4.79 Å². The first-order valence-electron chi connectivity index (χ1n) is 6.97. The summed E-state index contributed by atoms with van der Waals surface area (Å²) >= 11 is 1.77. The number of amides is 1.